The lowest BCUT2D eigenvalue weighted by molar-refractivity contribution is -0.122. The van der Waals surface area contributed by atoms with Crippen LogP contribution in [0.2, 0.25) is 0 Å². The molecule has 0 aliphatic carbocycles. The summed E-state index contributed by atoms with van der Waals surface area (Å²) in [5.41, 5.74) is 3.75. The van der Waals surface area contributed by atoms with Crippen molar-refractivity contribution in [1.29, 1.82) is 0 Å². The molecule has 7 nitrogen and oxygen atoms in total. The fraction of sp³-hybridized carbons (Fsp3) is 0.235. The van der Waals surface area contributed by atoms with E-state index in [0.717, 1.165) is 27.9 Å². The number of methoxy groups -OCH3 is 2. The molecule has 0 fully saturated rings. The molecule has 7 heteroatoms. The molecule has 0 radical (unpaired) electrons. The molecule has 0 saturated carbocycles. The number of ether oxygens (including phenoxy) is 2. The van der Waals surface area contributed by atoms with Gasteiger partial charge in [-0.2, -0.15) is 5.10 Å². The second-order valence-electron chi connectivity index (χ2n) is 5.04. The van der Waals surface area contributed by atoms with Crippen LogP contribution in [0.15, 0.2) is 30.5 Å². The van der Waals surface area contributed by atoms with Crippen LogP contribution in [-0.2, 0) is 11.8 Å². The molecule has 0 bridgehead atoms. The topological polar surface area (TPSA) is 86.5 Å². The third kappa shape index (κ3) is 3.45. The molecular weight excluding hydrogens is 310 g/mol. The van der Waals surface area contributed by atoms with E-state index in [1.165, 1.54) is 0 Å². The predicted molar refractivity (Wildman–Crippen MR) is 90.5 cm³/mol. The van der Waals surface area contributed by atoms with Gasteiger partial charge >= 0.3 is 0 Å². The highest BCUT2D eigenvalue weighted by atomic mass is 16.5. The fourth-order valence-electron chi connectivity index (χ4n) is 2.41. The second-order valence-corrected chi connectivity index (χ2v) is 5.04. The monoisotopic (exact) mass is 329 g/mol. The van der Waals surface area contributed by atoms with Crippen molar-refractivity contribution in [2.45, 2.75) is 6.92 Å². The van der Waals surface area contributed by atoms with Gasteiger partial charge in [-0.15, -0.1) is 0 Å². The SMILES string of the molecule is COc1ccc(-c2cc(C)c3cn(C)nc3n2)cc1OC.O=CO. The number of hydrogen-bond donors (Lipinski definition) is 1. The second kappa shape index (κ2) is 7.45. The maximum Gasteiger partial charge on any atom is 0.290 e. The maximum absolute atomic E-state index is 8.36. The summed E-state index contributed by atoms with van der Waals surface area (Å²) in [6.07, 6.45) is 1.98. The number of carbonyl (C=O) groups is 1. The maximum atomic E-state index is 8.36. The molecule has 0 amide bonds. The van der Waals surface area contributed by atoms with Crippen LogP contribution in [0.25, 0.3) is 22.3 Å². The first-order valence-corrected chi connectivity index (χ1v) is 7.15. The molecule has 0 saturated heterocycles. The number of hydrogen-bond acceptors (Lipinski definition) is 5. The minimum atomic E-state index is -0.250. The summed E-state index contributed by atoms with van der Waals surface area (Å²) >= 11 is 0. The standard InChI is InChI=1S/C16H17N3O2.CH2O2/c1-10-7-13(17-16-12(10)9-19(2)18-16)11-5-6-14(20-3)15(8-11)21-4;2-1-3/h5-9H,1-4H3;1H,(H,2,3). The Kier molecular flexibility index (Phi) is 5.36. The Morgan fingerprint density at radius 1 is 1.17 bits per heavy atom. The Bertz CT molecular complexity index is 858. The van der Waals surface area contributed by atoms with E-state index in [4.69, 9.17) is 19.4 Å². The first kappa shape index (κ1) is 17.3. The minimum Gasteiger partial charge on any atom is -0.493 e. The van der Waals surface area contributed by atoms with E-state index in [1.807, 2.05) is 31.4 Å². The first-order chi connectivity index (χ1) is 11.5. The van der Waals surface area contributed by atoms with E-state index in [9.17, 15) is 0 Å². The molecule has 0 aliphatic rings. The van der Waals surface area contributed by atoms with Gasteiger partial charge in [0.25, 0.3) is 6.47 Å². The van der Waals surface area contributed by atoms with Gasteiger partial charge in [-0.05, 0) is 36.8 Å². The number of rotatable bonds is 3. The number of nitrogens with zero attached hydrogens (tertiary/aromatic N) is 3. The van der Waals surface area contributed by atoms with Crippen molar-refractivity contribution in [2.75, 3.05) is 14.2 Å². The van der Waals surface area contributed by atoms with Crippen LogP contribution in [0.4, 0.5) is 0 Å². The molecule has 24 heavy (non-hydrogen) atoms. The largest absolute Gasteiger partial charge is 0.493 e. The van der Waals surface area contributed by atoms with Crippen LogP contribution in [0.5, 0.6) is 11.5 Å². The molecule has 0 spiro atoms. The molecular formula is C17H19N3O4. The third-order valence-electron chi connectivity index (χ3n) is 3.49. The molecule has 0 atom stereocenters. The fourth-order valence-corrected chi connectivity index (χ4v) is 2.41. The Hall–Kier alpha value is -3.09. The van der Waals surface area contributed by atoms with E-state index in [2.05, 4.69) is 23.1 Å². The summed E-state index contributed by atoms with van der Waals surface area (Å²) in [5.74, 6) is 1.40. The number of pyridine rings is 1. The summed E-state index contributed by atoms with van der Waals surface area (Å²) in [4.78, 5) is 13.0. The summed E-state index contributed by atoms with van der Waals surface area (Å²) in [7, 11) is 5.15. The minimum absolute atomic E-state index is 0.250. The average Bonchev–Trinajstić information content (AvgIpc) is 2.96. The van der Waals surface area contributed by atoms with Gasteiger partial charge in [0.05, 0.1) is 19.9 Å². The average molecular weight is 329 g/mol. The highest BCUT2D eigenvalue weighted by Crippen LogP contribution is 2.32. The van der Waals surface area contributed by atoms with E-state index in [-0.39, 0.29) is 6.47 Å². The summed E-state index contributed by atoms with van der Waals surface area (Å²) in [6, 6.07) is 7.84. The Labute approximate surface area is 139 Å². The predicted octanol–water partition coefficient (Wildman–Crippen LogP) is 2.66. The third-order valence-corrected chi connectivity index (χ3v) is 3.49. The van der Waals surface area contributed by atoms with Crippen LogP contribution in [0.1, 0.15) is 5.56 Å². The van der Waals surface area contributed by atoms with Crippen molar-refractivity contribution >= 4 is 17.5 Å². The van der Waals surface area contributed by atoms with Crippen molar-refractivity contribution in [3.05, 3.63) is 36.0 Å². The number of fused-ring (bicyclic) bond motifs is 1. The van der Waals surface area contributed by atoms with Gasteiger partial charge in [0.1, 0.15) is 0 Å². The van der Waals surface area contributed by atoms with E-state index in [0.29, 0.717) is 11.5 Å². The van der Waals surface area contributed by atoms with Crippen LogP contribution < -0.4 is 9.47 Å². The normalized spacial score (nSPS) is 10.0. The van der Waals surface area contributed by atoms with Crippen LogP contribution >= 0.6 is 0 Å². The van der Waals surface area contributed by atoms with Crippen molar-refractivity contribution < 1.29 is 19.4 Å². The van der Waals surface area contributed by atoms with Gasteiger partial charge in [-0.25, -0.2) is 4.98 Å². The highest BCUT2D eigenvalue weighted by molar-refractivity contribution is 5.82. The number of aryl methyl sites for hydroxylation is 2. The van der Waals surface area contributed by atoms with Gasteiger partial charge < -0.3 is 14.6 Å². The van der Waals surface area contributed by atoms with Crippen LogP contribution in [0.3, 0.4) is 0 Å². The summed E-state index contributed by atoms with van der Waals surface area (Å²) in [6.45, 7) is 1.82. The first-order valence-electron chi connectivity index (χ1n) is 7.15. The zero-order chi connectivity index (χ0) is 17.7. The van der Waals surface area contributed by atoms with Crippen LogP contribution in [0, 0.1) is 6.92 Å². The molecule has 3 aromatic rings. The summed E-state index contributed by atoms with van der Waals surface area (Å²) < 4.78 is 12.4. The molecule has 1 N–H and O–H groups in total. The molecule has 3 rings (SSSR count). The lowest BCUT2D eigenvalue weighted by atomic mass is 10.1. The van der Waals surface area contributed by atoms with Gasteiger partial charge in [-0.1, -0.05) is 0 Å². The molecule has 1 aromatic carbocycles. The Balaban J connectivity index is 0.000000647. The van der Waals surface area contributed by atoms with Crippen molar-refractivity contribution in [3.63, 3.8) is 0 Å². The lowest BCUT2D eigenvalue weighted by Crippen LogP contribution is -1.93. The number of benzene rings is 1. The smallest absolute Gasteiger partial charge is 0.290 e. The molecule has 126 valence electrons. The van der Waals surface area contributed by atoms with Crippen molar-refractivity contribution in [1.82, 2.24) is 14.8 Å². The molecule has 0 aliphatic heterocycles. The Morgan fingerprint density at radius 2 is 1.83 bits per heavy atom. The quantitative estimate of drug-likeness (QED) is 0.743. The van der Waals surface area contributed by atoms with Gasteiger partial charge in [0, 0.05) is 24.2 Å². The van der Waals surface area contributed by atoms with E-state index in [1.54, 1.807) is 18.9 Å². The van der Waals surface area contributed by atoms with Gasteiger partial charge in [0.15, 0.2) is 17.1 Å². The van der Waals surface area contributed by atoms with Crippen LogP contribution in [-0.4, -0.2) is 40.6 Å². The Morgan fingerprint density at radius 3 is 2.46 bits per heavy atom. The zero-order valence-corrected chi connectivity index (χ0v) is 14.0. The molecule has 2 heterocycles. The summed E-state index contributed by atoms with van der Waals surface area (Å²) in [5, 5.41) is 12.3. The lowest BCUT2D eigenvalue weighted by Gasteiger charge is -2.09. The van der Waals surface area contributed by atoms with Crippen molar-refractivity contribution in [3.8, 4) is 22.8 Å². The van der Waals surface area contributed by atoms with Gasteiger partial charge in [-0.3, -0.25) is 9.48 Å². The zero-order valence-electron chi connectivity index (χ0n) is 14.0. The van der Waals surface area contributed by atoms with E-state index < -0.39 is 0 Å². The molecule has 0 unspecified atom stereocenters. The van der Waals surface area contributed by atoms with E-state index >= 15 is 0 Å². The molecule has 2 aromatic heterocycles. The van der Waals surface area contributed by atoms with Gasteiger partial charge in [0.2, 0.25) is 0 Å². The highest BCUT2D eigenvalue weighted by Gasteiger charge is 2.10. The number of carboxylic acid groups (broad SMARTS) is 1. The van der Waals surface area contributed by atoms with Crippen molar-refractivity contribution in [2.24, 2.45) is 7.05 Å². The number of aromatic nitrogens is 3.